The van der Waals surface area contributed by atoms with E-state index in [9.17, 15) is 0 Å². The third-order valence-electron chi connectivity index (χ3n) is 2.70. The van der Waals surface area contributed by atoms with Crippen LogP contribution >= 0.6 is 15.9 Å². The summed E-state index contributed by atoms with van der Waals surface area (Å²) in [5, 5.41) is 0. The van der Waals surface area contributed by atoms with Crippen molar-refractivity contribution in [2.24, 2.45) is 5.84 Å². The molecule has 0 radical (unpaired) electrons. The number of hydrazine groups is 1. The number of rotatable bonds is 7. The summed E-state index contributed by atoms with van der Waals surface area (Å²) < 4.78 is 16.5. The Kier molecular flexibility index (Phi) is 6.42. The van der Waals surface area contributed by atoms with Crippen LogP contribution in [0.15, 0.2) is 16.6 Å². The molecule has 0 fully saturated rings. The fourth-order valence-electron chi connectivity index (χ4n) is 1.76. The largest absolute Gasteiger partial charge is 0.495 e. The lowest BCUT2D eigenvalue weighted by atomic mass is 10.0. The molecule has 5 nitrogen and oxygen atoms in total. The first-order valence-electron chi connectivity index (χ1n) is 5.55. The topological polar surface area (TPSA) is 65.7 Å². The van der Waals surface area contributed by atoms with E-state index in [1.807, 2.05) is 12.1 Å². The fourth-order valence-corrected chi connectivity index (χ4v) is 2.44. The van der Waals surface area contributed by atoms with E-state index in [-0.39, 0.29) is 6.04 Å². The minimum Gasteiger partial charge on any atom is -0.495 e. The number of hydrogen-bond donors (Lipinski definition) is 2. The van der Waals surface area contributed by atoms with Crippen LogP contribution in [-0.4, -0.2) is 27.9 Å². The van der Waals surface area contributed by atoms with Crippen molar-refractivity contribution in [3.8, 4) is 11.5 Å². The monoisotopic (exact) mass is 318 g/mol. The molecular weight excluding hydrogens is 300 g/mol. The zero-order valence-corrected chi connectivity index (χ0v) is 12.4. The summed E-state index contributed by atoms with van der Waals surface area (Å²) in [6.07, 6.45) is 0.752. The molecule has 1 rings (SSSR count). The maximum Gasteiger partial charge on any atom is 0.141 e. The molecule has 0 aliphatic heterocycles. The Hall–Kier alpha value is -0.820. The van der Waals surface area contributed by atoms with Gasteiger partial charge in [-0.1, -0.05) is 0 Å². The highest BCUT2D eigenvalue weighted by Crippen LogP contribution is 2.40. The van der Waals surface area contributed by atoms with Gasteiger partial charge < -0.3 is 14.2 Å². The molecule has 1 atom stereocenters. The minimum absolute atomic E-state index is 0.0397. The normalized spacial score (nSPS) is 12.3. The average molecular weight is 319 g/mol. The van der Waals surface area contributed by atoms with E-state index in [0.29, 0.717) is 12.4 Å². The second-order valence-electron chi connectivity index (χ2n) is 3.71. The van der Waals surface area contributed by atoms with Crippen molar-refractivity contribution in [2.45, 2.75) is 12.5 Å². The predicted octanol–water partition coefficient (Wildman–Crippen LogP) is 2.01. The standard InChI is InChI=1S/C12H19BrN2O3/c1-16-7-6-9(15-14)8-4-5-10(17-2)11(13)12(8)18-3/h4-5,9,15H,6-7,14H2,1-3H3. The third kappa shape index (κ3) is 3.35. The number of hydrogen-bond acceptors (Lipinski definition) is 5. The van der Waals surface area contributed by atoms with Crippen molar-refractivity contribution in [1.82, 2.24) is 5.43 Å². The maximum atomic E-state index is 5.58. The first kappa shape index (κ1) is 15.2. The molecular formula is C12H19BrN2O3. The van der Waals surface area contributed by atoms with Gasteiger partial charge in [-0.15, -0.1) is 0 Å². The van der Waals surface area contributed by atoms with Crippen LogP contribution in [0.4, 0.5) is 0 Å². The number of benzene rings is 1. The van der Waals surface area contributed by atoms with Gasteiger partial charge >= 0.3 is 0 Å². The molecule has 3 N–H and O–H groups in total. The van der Waals surface area contributed by atoms with Gasteiger partial charge in [-0.3, -0.25) is 11.3 Å². The lowest BCUT2D eigenvalue weighted by Gasteiger charge is -2.20. The Balaban J connectivity index is 3.10. The Morgan fingerprint density at radius 2 is 2.00 bits per heavy atom. The highest BCUT2D eigenvalue weighted by molar-refractivity contribution is 9.10. The zero-order chi connectivity index (χ0) is 13.5. The summed E-state index contributed by atoms with van der Waals surface area (Å²) in [6, 6.07) is 3.77. The molecule has 0 saturated carbocycles. The van der Waals surface area contributed by atoms with Crippen LogP contribution < -0.4 is 20.7 Å². The summed E-state index contributed by atoms with van der Waals surface area (Å²) in [4.78, 5) is 0. The molecule has 18 heavy (non-hydrogen) atoms. The van der Waals surface area contributed by atoms with E-state index < -0.39 is 0 Å². The second-order valence-corrected chi connectivity index (χ2v) is 4.50. The Bertz CT molecular complexity index is 388. The van der Waals surface area contributed by atoms with Gasteiger partial charge in [-0.2, -0.15) is 0 Å². The molecule has 0 spiro atoms. The van der Waals surface area contributed by atoms with Crippen LogP contribution in [0.5, 0.6) is 11.5 Å². The summed E-state index contributed by atoms with van der Waals surface area (Å²) in [7, 11) is 4.89. The highest BCUT2D eigenvalue weighted by Gasteiger charge is 2.19. The molecule has 1 aromatic carbocycles. The highest BCUT2D eigenvalue weighted by atomic mass is 79.9. The average Bonchev–Trinajstić information content (AvgIpc) is 2.40. The lowest BCUT2D eigenvalue weighted by molar-refractivity contribution is 0.182. The summed E-state index contributed by atoms with van der Waals surface area (Å²) in [5.41, 5.74) is 3.73. The van der Waals surface area contributed by atoms with Crippen LogP contribution in [0, 0.1) is 0 Å². The van der Waals surface area contributed by atoms with Gasteiger partial charge in [0.2, 0.25) is 0 Å². The molecule has 0 saturated heterocycles. The molecule has 1 aromatic rings. The number of ether oxygens (including phenoxy) is 3. The summed E-state index contributed by atoms with van der Waals surface area (Å²) in [5.74, 6) is 7.02. The third-order valence-corrected chi connectivity index (χ3v) is 3.45. The SMILES string of the molecule is COCCC(NN)c1ccc(OC)c(Br)c1OC. The maximum absolute atomic E-state index is 5.58. The molecule has 0 aliphatic rings. The van der Waals surface area contributed by atoms with Crippen LogP contribution in [0.3, 0.4) is 0 Å². The van der Waals surface area contributed by atoms with E-state index in [0.717, 1.165) is 22.2 Å². The van der Waals surface area contributed by atoms with Gasteiger partial charge in [-0.05, 0) is 34.5 Å². The van der Waals surface area contributed by atoms with E-state index in [1.165, 1.54) is 0 Å². The predicted molar refractivity (Wildman–Crippen MR) is 73.8 cm³/mol. The van der Waals surface area contributed by atoms with Crippen molar-refractivity contribution in [3.63, 3.8) is 0 Å². The number of methoxy groups -OCH3 is 3. The first-order chi connectivity index (χ1) is 8.69. The number of nitrogens with two attached hydrogens (primary N) is 1. The number of halogens is 1. The lowest BCUT2D eigenvalue weighted by Crippen LogP contribution is -2.29. The van der Waals surface area contributed by atoms with Crippen molar-refractivity contribution in [3.05, 3.63) is 22.2 Å². The molecule has 0 bridgehead atoms. The summed E-state index contributed by atoms with van der Waals surface area (Å²) in [6.45, 7) is 0.613. The van der Waals surface area contributed by atoms with Gasteiger partial charge in [0.1, 0.15) is 16.0 Å². The van der Waals surface area contributed by atoms with E-state index >= 15 is 0 Å². The van der Waals surface area contributed by atoms with Crippen LogP contribution in [0.25, 0.3) is 0 Å². The number of nitrogens with one attached hydrogen (secondary N) is 1. The Labute approximate surface area is 116 Å². The van der Waals surface area contributed by atoms with Crippen molar-refractivity contribution in [1.29, 1.82) is 0 Å². The van der Waals surface area contributed by atoms with Crippen LogP contribution in [0.1, 0.15) is 18.0 Å². The van der Waals surface area contributed by atoms with Gasteiger partial charge in [0.15, 0.2) is 0 Å². The molecule has 6 heteroatoms. The minimum atomic E-state index is -0.0397. The molecule has 0 amide bonds. The summed E-state index contributed by atoms with van der Waals surface area (Å²) >= 11 is 3.47. The van der Waals surface area contributed by atoms with Crippen LogP contribution in [-0.2, 0) is 4.74 Å². The Morgan fingerprint density at radius 1 is 1.28 bits per heavy atom. The van der Waals surface area contributed by atoms with E-state index in [4.69, 9.17) is 20.1 Å². The molecule has 0 aliphatic carbocycles. The van der Waals surface area contributed by atoms with E-state index in [1.54, 1.807) is 21.3 Å². The van der Waals surface area contributed by atoms with Crippen molar-refractivity contribution in [2.75, 3.05) is 27.9 Å². The van der Waals surface area contributed by atoms with E-state index in [2.05, 4.69) is 21.4 Å². The smallest absolute Gasteiger partial charge is 0.141 e. The molecule has 0 aromatic heterocycles. The van der Waals surface area contributed by atoms with Gasteiger partial charge in [-0.25, -0.2) is 0 Å². The van der Waals surface area contributed by atoms with Gasteiger partial charge in [0.25, 0.3) is 0 Å². The first-order valence-corrected chi connectivity index (χ1v) is 6.34. The Morgan fingerprint density at radius 3 is 2.50 bits per heavy atom. The van der Waals surface area contributed by atoms with Gasteiger partial charge in [0, 0.05) is 19.3 Å². The van der Waals surface area contributed by atoms with Crippen LogP contribution in [0.2, 0.25) is 0 Å². The van der Waals surface area contributed by atoms with Gasteiger partial charge in [0.05, 0.1) is 20.3 Å². The molecule has 1 unspecified atom stereocenters. The zero-order valence-electron chi connectivity index (χ0n) is 10.8. The molecule has 102 valence electrons. The fraction of sp³-hybridized carbons (Fsp3) is 0.500. The molecule has 0 heterocycles. The van der Waals surface area contributed by atoms with Crippen molar-refractivity contribution >= 4 is 15.9 Å². The van der Waals surface area contributed by atoms with Crippen molar-refractivity contribution < 1.29 is 14.2 Å². The quantitative estimate of drug-likeness (QED) is 0.594. The second kappa shape index (κ2) is 7.58.